The summed E-state index contributed by atoms with van der Waals surface area (Å²) in [5.41, 5.74) is 0.980. The molecule has 0 amide bonds. The Balaban J connectivity index is 1.97. The molecule has 0 spiro atoms. The number of ether oxygens (including phenoxy) is 1. The molecule has 120 valence electrons. The van der Waals surface area contributed by atoms with Crippen LogP contribution in [0.3, 0.4) is 0 Å². The second-order valence-electron chi connectivity index (χ2n) is 5.43. The van der Waals surface area contributed by atoms with Crippen molar-refractivity contribution >= 4 is 11.2 Å². The van der Waals surface area contributed by atoms with Crippen LogP contribution in [0.15, 0.2) is 46.2 Å². The number of aromatic nitrogens is 4. The van der Waals surface area contributed by atoms with Crippen LogP contribution in [0, 0.1) is 0 Å². The molecule has 3 rings (SSSR count). The first-order chi connectivity index (χ1) is 11.0. The standard InChI is InChI=1S/C16H18N4O3/c1-11(23-9-12-7-5-4-6-8-12)20-10-17-14-13(20)15(21)19(3)16(22)18(14)2/h4-8,10-11H,9H2,1-3H3. The summed E-state index contributed by atoms with van der Waals surface area (Å²) in [7, 11) is 3.05. The molecule has 0 N–H and O–H groups in total. The first kappa shape index (κ1) is 15.2. The van der Waals surface area contributed by atoms with Crippen LogP contribution in [0.5, 0.6) is 0 Å². The fraction of sp³-hybridized carbons (Fsp3) is 0.312. The first-order valence-corrected chi connectivity index (χ1v) is 7.28. The fourth-order valence-corrected chi connectivity index (χ4v) is 2.51. The molecule has 0 saturated carbocycles. The van der Waals surface area contributed by atoms with E-state index in [4.69, 9.17) is 4.74 Å². The molecule has 0 aliphatic rings. The van der Waals surface area contributed by atoms with Crippen molar-refractivity contribution in [1.82, 2.24) is 18.7 Å². The highest BCUT2D eigenvalue weighted by atomic mass is 16.5. The van der Waals surface area contributed by atoms with Crippen molar-refractivity contribution in [2.45, 2.75) is 19.8 Å². The van der Waals surface area contributed by atoms with Gasteiger partial charge in [-0.2, -0.15) is 0 Å². The van der Waals surface area contributed by atoms with E-state index in [0.717, 1.165) is 10.1 Å². The van der Waals surface area contributed by atoms with Gasteiger partial charge in [0.15, 0.2) is 11.2 Å². The molecule has 0 fully saturated rings. The second-order valence-corrected chi connectivity index (χ2v) is 5.43. The number of hydrogen-bond acceptors (Lipinski definition) is 4. The average Bonchev–Trinajstić information content (AvgIpc) is 3.02. The van der Waals surface area contributed by atoms with Gasteiger partial charge in [-0.25, -0.2) is 9.78 Å². The van der Waals surface area contributed by atoms with Crippen LogP contribution < -0.4 is 11.2 Å². The molecule has 0 radical (unpaired) electrons. The summed E-state index contributed by atoms with van der Waals surface area (Å²) >= 11 is 0. The van der Waals surface area contributed by atoms with Crippen molar-refractivity contribution in [3.05, 3.63) is 63.1 Å². The molecule has 0 aliphatic carbocycles. The Morgan fingerprint density at radius 1 is 1.13 bits per heavy atom. The van der Waals surface area contributed by atoms with E-state index in [2.05, 4.69) is 4.98 Å². The van der Waals surface area contributed by atoms with Gasteiger partial charge in [0.05, 0.1) is 12.9 Å². The summed E-state index contributed by atoms with van der Waals surface area (Å²) < 4.78 is 9.92. The van der Waals surface area contributed by atoms with Gasteiger partial charge in [-0.1, -0.05) is 30.3 Å². The van der Waals surface area contributed by atoms with Gasteiger partial charge >= 0.3 is 5.69 Å². The SMILES string of the molecule is CC(OCc1ccccc1)n1cnc2c1c(=O)n(C)c(=O)n2C. The third-order valence-electron chi connectivity index (χ3n) is 3.90. The molecule has 0 bridgehead atoms. The van der Waals surface area contributed by atoms with E-state index in [9.17, 15) is 9.59 Å². The van der Waals surface area contributed by atoms with Crippen LogP contribution in [0.25, 0.3) is 11.2 Å². The lowest BCUT2D eigenvalue weighted by Gasteiger charge is -2.15. The molecular weight excluding hydrogens is 296 g/mol. The van der Waals surface area contributed by atoms with Gasteiger partial charge in [0.25, 0.3) is 5.56 Å². The molecule has 0 saturated heterocycles. The van der Waals surface area contributed by atoms with E-state index in [1.165, 1.54) is 17.9 Å². The Kier molecular flexibility index (Phi) is 3.87. The van der Waals surface area contributed by atoms with Crippen molar-refractivity contribution < 1.29 is 4.74 Å². The molecule has 2 aromatic heterocycles. The first-order valence-electron chi connectivity index (χ1n) is 7.28. The maximum absolute atomic E-state index is 12.4. The lowest BCUT2D eigenvalue weighted by atomic mass is 10.2. The molecule has 7 heteroatoms. The highest BCUT2D eigenvalue weighted by molar-refractivity contribution is 5.70. The molecule has 0 aliphatic heterocycles. The lowest BCUT2D eigenvalue weighted by molar-refractivity contribution is 0.00651. The summed E-state index contributed by atoms with van der Waals surface area (Å²) in [6.07, 6.45) is 1.15. The summed E-state index contributed by atoms with van der Waals surface area (Å²) in [5, 5.41) is 0. The summed E-state index contributed by atoms with van der Waals surface area (Å²) in [5.74, 6) is 0. The van der Waals surface area contributed by atoms with Gasteiger partial charge in [0, 0.05) is 14.1 Å². The monoisotopic (exact) mass is 314 g/mol. The van der Waals surface area contributed by atoms with Gasteiger partial charge in [0.2, 0.25) is 0 Å². The number of aryl methyl sites for hydroxylation is 1. The van der Waals surface area contributed by atoms with Gasteiger partial charge in [0.1, 0.15) is 6.23 Å². The molecule has 2 heterocycles. The minimum atomic E-state index is -0.398. The molecule has 3 aromatic rings. The predicted octanol–water partition coefficient (Wildman–Crippen LogP) is 1.17. The zero-order chi connectivity index (χ0) is 16.6. The lowest BCUT2D eigenvalue weighted by Crippen LogP contribution is -2.37. The van der Waals surface area contributed by atoms with Crippen molar-refractivity contribution in [3.8, 4) is 0 Å². The zero-order valence-electron chi connectivity index (χ0n) is 13.3. The fourth-order valence-electron chi connectivity index (χ4n) is 2.51. The number of fused-ring (bicyclic) bond motifs is 1. The van der Waals surface area contributed by atoms with Crippen LogP contribution in [-0.2, 0) is 25.4 Å². The topological polar surface area (TPSA) is 71.1 Å². The van der Waals surface area contributed by atoms with Crippen molar-refractivity contribution in [2.24, 2.45) is 14.1 Å². The maximum Gasteiger partial charge on any atom is 0.332 e. The molecule has 1 aromatic carbocycles. The van der Waals surface area contributed by atoms with Gasteiger partial charge in [-0.05, 0) is 12.5 Å². The van der Waals surface area contributed by atoms with Crippen LogP contribution in [0.2, 0.25) is 0 Å². The predicted molar refractivity (Wildman–Crippen MR) is 86.2 cm³/mol. The quantitative estimate of drug-likeness (QED) is 0.725. The van der Waals surface area contributed by atoms with E-state index in [0.29, 0.717) is 17.8 Å². The van der Waals surface area contributed by atoms with E-state index < -0.39 is 5.69 Å². The molecular formula is C16H18N4O3. The normalized spacial score (nSPS) is 12.7. The molecule has 23 heavy (non-hydrogen) atoms. The van der Waals surface area contributed by atoms with Crippen LogP contribution in [0.4, 0.5) is 0 Å². The Bertz CT molecular complexity index is 953. The molecule has 7 nitrogen and oxygen atoms in total. The zero-order valence-corrected chi connectivity index (χ0v) is 13.3. The number of benzene rings is 1. The third-order valence-corrected chi connectivity index (χ3v) is 3.90. The minimum absolute atomic E-state index is 0.355. The summed E-state index contributed by atoms with van der Waals surface area (Å²) in [4.78, 5) is 28.5. The van der Waals surface area contributed by atoms with E-state index in [1.807, 2.05) is 37.3 Å². The van der Waals surface area contributed by atoms with Crippen LogP contribution >= 0.6 is 0 Å². The van der Waals surface area contributed by atoms with E-state index >= 15 is 0 Å². The van der Waals surface area contributed by atoms with E-state index in [-0.39, 0.29) is 11.8 Å². The largest absolute Gasteiger partial charge is 0.354 e. The summed E-state index contributed by atoms with van der Waals surface area (Å²) in [6.45, 7) is 2.27. The Labute approximate surface area is 132 Å². The highest BCUT2D eigenvalue weighted by Crippen LogP contribution is 2.16. The molecule has 1 atom stereocenters. The number of imidazole rings is 1. The molecule has 1 unspecified atom stereocenters. The maximum atomic E-state index is 12.4. The van der Waals surface area contributed by atoms with Crippen molar-refractivity contribution in [3.63, 3.8) is 0 Å². The number of rotatable bonds is 4. The van der Waals surface area contributed by atoms with Crippen LogP contribution in [0.1, 0.15) is 18.7 Å². The Morgan fingerprint density at radius 2 is 1.83 bits per heavy atom. The average molecular weight is 314 g/mol. The van der Waals surface area contributed by atoms with Crippen molar-refractivity contribution in [1.29, 1.82) is 0 Å². The number of nitrogens with zero attached hydrogens (tertiary/aromatic N) is 4. The Hall–Kier alpha value is -2.67. The highest BCUT2D eigenvalue weighted by Gasteiger charge is 2.17. The number of hydrogen-bond donors (Lipinski definition) is 0. The summed E-state index contributed by atoms with van der Waals surface area (Å²) in [6, 6.07) is 9.78. The van der Waals surface area contributed by atoms with Crippen LogP contribution in [-0.4, -0.2) is 18.7 Å². The minimum Gasteiger partial charge on any atom is -0.354 e. The smallest absolute Gasteiger partial charge is 0.332 e. The second kappa shape index (κ2) is 5.85. The van der Waals surface area contributed by atoms with Gasteiger partial charge in [-0.3, -0.25) is 18.5 Å². The third kappa shape index (κ3) is 2.59. The Morgan fingerprint density at radius 3 is 2.52 bits per heavy atom. The van der Waals surface area contributed by atoms with E-state index in [1.54, 1.807) is 11.6 Å². The van der Waals surface area contributed by atoms with Crippen molar-refractivity contribution in [2.75, 3.05) is 0 Å². The van der Waals surface area contributed by atoms with Gasteiger partial charge in [-0.15, -0.1) is 0 Å². The van der Waals surface area contributed by atoms with Gasteiger partial charge < -0.3 is 4.74 Å².